The summed E-state index contributed by atoms with van der Waals surface area (Å²) >= 11 is 8.79. The van der Waals surface area contributed by atoms with Crippen molar-refractivity contribution in [3.63, 3.8) is 0 Å². The molecular weight excluding hydrogens is 432 g/mol. The van der Waals surface area contributed by atoms with Crippen LogP contribution in [0.3, 0.4) is 0 Å². The first-order valence-corrected chi connectivity index (χ1v) is 10.4. The Bertz CT molecular complexity index is 1250. The molecular formula is C19H11ClN4O3S2. The minimum absolute atomic E-state index is 0.160. The van der Waals surface area contributed by atoms with Crippen LogP contribution in [-0.2, 0) is 0 Å². The summed E-state index contributed by atoms with van der Waals surface area (Å²) in [5, 5.41) is 13.0. The average Bonchev–Trinajstić information content (AvgIpc) is 3.36. The van der Waals surface area contributed by atoms with Gasteiger partial charge in [0.1, 0.15) is 0 Å². The molecule has 144 valence electrons. The molecule has 4 aromatic rings. The van der Waals surface area contributed by atoms with Gasteiger partial charge in [0, 0.05) is 27.1 Å². The minimum Gasteiger partial charge on any atom is -0.454 e. The number of hydrogen-bond acceptors (Lipinski definition) is 8. The topological polar surface area (TPSA) is 86.2 Å². The molecule has 0 fully saturated rings. The highest BCUT2D eigenvalue weighted by Crippen LogP contribution is 2.36. The first-order chi connectivity index (χ1) is 14.2. The Morgan fingerprint density at radius 2 is 2.00 bits per heavy atom. The van der Waals surface area contributed by atoms with Gasteiger partial charge in [-0.05, 0) is 36.4 Å². The number of anilines is 1. The Hall–Kier alpha value is -2.88. The van der Waals surface area contributed by atoms with Crippen molar-refractivity contribution in [2.75, 3.05) is 12.1 Å². The Morgan fingerprint density at radius 1 is 1.10 bits per heavy atom. The number of aromatic nitrogens is 3. The lowest BCUT2D eigenvalue weighted by molar-refractivity contribution is 0.102. The molecule has 1 amide bonds. The van der Waals surface area contributed by atoms with E-state index in [0.29, 0.717) is 31.6 Å². The average molecular weight is 443 g/mol. The fourth-order valence-corrected chi connectivity index (χ4v) is 4.78. The second-order valence-electron chi connectivity index (χ2n) is 5.97. The summed E-state index contributed by atoms with van der Waals surface area (Å²) in [6, 6.07) is 12.5. The molecule has 1 aliphatic rings. The Kier molecular flexibility index (Phi) is 4.70. The molecule has 0 spiro atoms. The number of amides is 1. The van der Waals surface area contributed by atoms with Crippen LogP contribution in [0.25, 0.3) is 10.9 Å². The van der Waals surface area contributed by atoms with Crippen LogP contribution in [0.15, 0.2) is 57.9 Å². The molecule has 5 rings (SSSR count). The van der Waals surface area contributed by atoms with Crippen LogP contribution in [0.2, 0.25) is 5.02 Å². The van der Waals surface area contributed by atoms with E-state index in [1.165, 1.54) is 23.1 Å². The van der Waals surface area contributed by atoms with Gasteiger partial charge in [0.05, 0.1) is 5.52 Å². The van der Waals surface area contributed by atoms with Crippen molar-refractivity contribution < 1.29 is 14.3 Å². The number of rotatable bonds is 4. The number of hydrogen-bond donors (Lipinski definition) is 1. The number of benzene rings is 2. The lowest BCUT2D eigenvalue weighted by Crippen LogP contribution is -2.11. The van der Waals surface area contributed by atoms with Gasteiger partial charge in [0.2, 0.25) is 11.9 Å². The van der Waals surface area contributed by atoms with E-state index in [1.807, 2.05) is 24.3 Å². The summed E-state index contributed by atoms with van der Waals surface area (Å²) in [6.45, 7) is 0.160. The number of carbonyl (C=O) groups excluding carboxylic acids is 1. The maximum atomic E-state index is 12.5. The normalized spacial score (nSPS) is 12.3. The largest absolute Gasteiger partial charge is 0.454 e. The number of carbonyl (C=O) groups is 1. The van der Waals surface area contributed by atoms with Gasteiger partial charge in [-0.15, -0.1) is 10.2 Å². The van der Waals surface area contributed by atoms with Crippen LogP contribution in [0.5, 0.6) is 11.5 Å². The Morgan fingerprint density at radius 3 is 2.93 bits per heavy atom. The number of nitrogens with zero attached hydrogens (tertiary/aromatic N) is 3. The number of nitrogens with one attached hydrogen (secondary N) is 1. The van der Waals surface area contributed by atoms with E-state index in [4.69, 9.17) is 21.1 Å². The molecule has 3 heterocycles. The number of halogens is 1. The Balaban J connectivity index is 1.33. The molecule has 29 heavy (non-hydrogen) atoms. The number of fused-ring (bicyclic) bond motifs is 2. The third kappa shape index (κ3) is 3.71. The molecule has 1 N–H and O–H groups in total. The van der Waals surface area contributed by atoms with E-state index in [9.17, 15) is 4.79 Å². The first kappa shape index (κ1) is 18.2. The van der Waals surface area contributed by atoms with Gasteiger partial charge >= 0.3 is 0 Å². The van der Waals surface area contributed by atoms with Crippen LogP contribution in [0, 0.1) is 0 Å². The standard InChI is InChI=1S/C19H11ClN4O3S2/c20-11-2-3-12-13(8-11)21-6-5-16(12)28-19-24-23-18(29-19)22-17(25)10-1-4-14-15(7-10)27-9-26-14/h1-8H,9H2,(H,22,23,25). The second-order valence-corrected chi connectivity index (χ2v) is 8.67. The van der Waals surface area contributed by atoms with Crippen molar-refractivity contribution >= 4 is 56.6 Å². The van der Waals surface area contributed by atoms with Crippen molar-refractivity contribution in [2.24, 2.45) is 0 Å². The summed E-state index contributed by atoms with van der Waals surface area (Å²) in [4.78, 5) is 17.8. The highest BCUT2D eigenvalue weighted by Gasteiger charge is 2.17. The molecule has 10 heteroatoms. The molecule has 0 saturated heterocycles. The van der Waals surface area contributed by atoms with Crippen LogP contribution >= 0.6 is 34.7 Å². The van der Waals surface area contributed by atoms with Crippen LogP contribution in [-0.4, -0.2) is 27.9 Å². The summed E-state index contributed by atoms with van der Waals surface area (Å²) in [6.07, 6.45) is 1.73. The van der Waals surface area contributed by atoms with Crippen molar-refractivity contribution in [3.8, 4) is 11.5 Å². The van der Waals surface area contributed by atoms with Gasteiger partial charge in [-0.3, -0.25) is 15.1 Å². The van der Waals surface area contributed by atoms with Crippen molar-refractivity contribution in [1.29, 1.82) is 0 Å². The number of ether oxygens (including phenoxy) is 2. The van der Waals surface area contributed by atoms with Crippen LogP contribution in [0.1, 0.15) is 10.4 Å². The van der Waals surface area contributed by atoms with Crippen molar-refractivity contribution in [2.45, 2.75) is 9.24 Å². The van der Waals surface area contributed by atoms with Gasteiger partial charge in [0.25, 0.3) is 5.91 Å². The molecule has 2 aromatic heterocycles. The third-order valence-corrected chi connectivity index (χ3v) is 6.32. The van der Waals surface area contributed by atoms with Gasteiger partial charge in [0.15, 0.2) is 15.8 Å². The zero-order chi connectivity index (χ0) is 19.8. The highest BCUT2D eigenvalue weighted by atomic mass is 35.5. The van der Waals surface area contributed by atoms with E-state index in [2.05, 4.69) is 20.5 Å². The fraction of sp³-hybridized carbons (Fsp3) is 0.0526. The van der Waals surface area contributed by atoms with E-state index in [0.717, 1.165) is 15.8 Å². The zero-order valence-corrected chi connectivity index (χ0v) is 17.0. The maximum absolute atomic E-state index is 12.5. The summed E-state index contributed by atoms with van der Waals surface area (Å²) in [7, 11) is 0. The van der Waals surface area contributed by atoms with Crippen molar-refractivity contribution in [3.05, 3.63) is 59.2 Å². The molecule has 2 aromatic carbocycles. The lowest BCUT2D eigenvalue weighted by atomic mass is 10.2. The summed E-state index contributed by atoms with van der Waals surface area (Å²) < 4.78 is 11.3. The maximum Gasteiger partial charge on any atom is 0.257 e. The fourth-order valence-electron chi connectivity index (χ4n) is 2.79. The molecule has 0 radical (unpaired) electrons. The van der Waals surface area contributed by atoms with Gasteiger partial charge in [-0.1, -0.05) is 40.8 Å². The van der Waals surface area contributed by atoms with Crippen LogP contribution in [0.4, 0.5) is 5.13 Å². The molecule has 7 nitrogen and oxygen atoms in total. The molecule has 0 bridgehead atoms. The zero-order valence-electron chi connectivity index (χ0n) is 14.6. The van der Waals surface area contributed by atoms with E-state index < -0.39 is 0 Å². The Labute approximate surface area is 178 Å². The summed E-state index contributed by atoms with van der Waals surface area (Å²) in [5.41, 5.74) is 1.26. The van der Waals surface area contributed by atoms with Gasteiger partial charge < -0.3 is 9.47 Å². The smallest absolute Gasteiger partial charge is 0.257 e. The lowest BCUT2D eigenvalue weighted by Gasteiger charge is -2.03. The SMILES string of the molecule is O=C(Nc1nnc(Sc2ccnc3cc(Cl)ccc23)s1)c1ccc2c(c1)OCO2. The molecule has 0 atom stereocenters. The number of pyridine rings is 1. The predicted molar refractivity (Wildman–Crippen MR) is 111 cm³/mol. The van der Waals surface area contributed by atoms with Crippen LogP contribution < -0.4 is 14.8 Å². The van der Waals surface area contributed by atoms with E-state index in [-0.39, 0.29) is 12.7 Å². The van der Waals surface area contributed by atoms with Crippen molar-refractivity contribution in [1.82, 2.24) is 15.2 Å². The summed E-state index contributed by atoms with van der Waals surface area (Å²) in [5.74, 6) is 0.887. The molecule has 0 aliphatic carbocycles. The first-order valence-electron chi connectivity index (χ1n) is 8.42. The van der Waals surface area contributed by atoms with E-state index >= 15 is 0 Å². The van der Waals surface area contributed by atoms with E-state index in [1.54, 1.807) is 24.4 Å². The molecule has 0 unspecified atom stereocenters. The predicted octanol–water partition coefficient (Wildman–Crippen LogP) is 4.87. The highest BCUT2D eigenvalue weighted by molar-refractivity contribution is 8.01. The van der Waals surface area contributed by atoms with Gasteiger partial charge in [-0.25, -0.2) is 0 Å². The quantitative estimate of drug-likeness (QED) is 0.451. The molecule has 1 aliphatic heterocycles. The third-order valence-electron chi connectivity index (χ3n) is 4.12. The second kappa shape index (κ2) is 7.51. The van der Waals surface area contributed by atoms with Gasteiger partial charge in [-0.2, -0.15) is 0 Å². The molecule has 0 saturated carbocycles. The monoisotopic (exact) mass is 442 g/mol. The minimum atomic E-state index is -0.292.